The first-order valence-corrected chi connectivity index (χ1v) is 8.16. The summed E-state index contributed by atoms with van der Waals surface area (Å²) in [6.07, 6.45) is 3.25. The third-order valence-electron chi connectivity index (χ3n) is 4.59. The summed E-state index contributed by atoms with van der Waals surface area (Å²) in [6, 6.07) is 10.3. The van der Waals surface area contributed by atoms with E-state index in [4.69, 9.17) is 0 Å². The lowest BCUT2D eigenvalue weighted by Crippen LogP contribution is -2.39. The predicted octanol–water partition coefficient (Wildman–Crippen LogP) is 2.02. The van der Waals surface area contributed by atoms with Crippen LogP contribution < -0.4 is 11.2 Å². The zero-order valence-corrected chi connectivity index (χ0v) is 14.3. The maximum absolute atomic E-state index is 12.6. The van der Waals surface area contributed by atoms with E-state index in [0.29, 0.717) is 23.6 Å². The molecule has 6 heteroatoms. The number of hydrogen-bond acceptors (Lipinski definition) is 3. The normalized spacial score (nSPS) is 12.6. The molecule has 0 saturated carbocycles. The second-order valence-electron chi connectivity index (χ2n) is 6.28. The second kappa shape index (κ2) is 6.47. The third kappa shape index (κ3) is 2.79. The largest absolute Gasteiger partial charge is 0.332 e. The van der Waals surface area contributed by atoms with E-state index in [1.54, 1.807) is 25.0 Å². The van der Waals surface area contributed by atoms with Gasteiger partial charge in [0.1, 0.15) is 0 Å². The Morgan fingerprint density at radius 1 is 1.12 bits per heavy atom. The van der Waals surface area contributed by atoms with Crippen LogP contribution in [0.4, 0.5) is 0 Å². The van der Waals surface area contributed by atoms with Crippen LogP contribution in [-0.4, -0.2) is 18.7 Å². The Hall–Kier alpha value is -2.63. The van der Waals surface area contributed by atoms with E-state index in [1.807, 2.05) is 18.2 Å². The molecule has 1 aromatic carbocycles. The number of rotatable bonds is 5. The SMILES string of the molecule is CC(CCCn1c(=O)c2c(ncn2C)n(C)c1=O)c1ccccc1. The van der Waals surface area contributed by atoms with Crippen LogP contribution in [-0.2, 0) is 20.6 Å². The van der Waals surface area contributed by atoms with Gasteiger partial charge in [-0.3, -0.25) is 13.9 Å². The Kier molecular flexibility index (Phi) is 4.38. The zero-order chi connectivity index (χ0) is 17.3. The number of aromatic nitrogens is 4. The molecule has 0 amide bonds. The van der Waals surface area contributed by atoms with Gasteiger partial charge in [0.15, 0.2) is 11.2 Å². The minimum Gasteiger partial charge on any atom is -0.328 e. The number of benzene rings is 1. The van der Waals surface area contributed by atoms with Crippen LogP contribution in [0.5, 0.6) is 0 Å². The van der Waals surface area contributed by atoms with Crippen LogP contribution >= 0.6 is 0 Å². The van der Waals surface area contributed by atoms with Gasteiger partial charge in [0, 0.05) is 20.6 Å². The topological polar surface area (TPSA) is 61.8 Å². The second-order valence-corrected chi connectivity index (χ2v) is 6.28. The van der Waals surface area contributed by atoms with Crippen LogP contribution in [0.15, 0.2) is 46.2 Å². The molecule has 2 heterocycles. The molecule has 6 nitrogen and oxygen atoms in total. The molecular formula is C18H22N4O2. The van der Waals surface area contributed by atoms with Crippen molar-refractivity contribution in [3.05, 3.63) is 63.1 Å². The molecule has 0 saturated heterocycles. The highest BCUT2D eigenvalue weighted by Gasteiger charge is 2.15. The van der Waals surface area contributed by atoms with E-state index in [9.17, 15) is 9.59 Å². The van der Waals surface area contributed by atoms with Gasteiger partial charge in [-0.05, 0) is 24.3 Å². The first-order chi connectivity index (χ1) is 11.5. The van der Waals surface area contributed by atoms with E-state index < -0.39 is 0 Å². The maximum Gasteiger partial charge on any atom is 0.332 e. The van der Waals surface area contributed by atoms with E-state index in [-0.39, 0.29) is 11.2 Å². The summed E-state index contributed by atoms with van der Waals surface area (Å²) >= 11 is 0. The van der Waals surface area contributed by atoms with Crippen molar-refractivity contribution in [2.45, 2.75) is 32.2 Å². The smallest absolute Gasteiger partial charge is 0.328 e. The van der Waals surface area contributed by atoms with Gasteiger partial charge in [0.25, 0.3) is 5.56 Å². The zero-order valence-electron chi connectivity index (χ0n) is 14.3. The van der Waals surface area contributed by atoms with Crippen molar-refractivity contribution in [2.75, 3.05) is 0 Å². The molecule has 24 heavy (non-hydrogen) atoms. The van der Waals surface area contributed by atoms with Crippen molar-refractivity contribution in [1.82, 2.24) is 18.7 Å². The lowest BCUT2D eigenvalue weighted by molar-refractivity contribution is 0.525. The van der Waals surface area contributed by atoms with Crippen LogP contribution in [0.2, 0.25) is 0 Å². The van der Waals surface area contributed by atoms with E-state index in [2.05, 4.69) is 24.0 Å². The summed E-state index contributed by atoms with van der Waals surface area (Å²) in [5.74, 6) is 0.395. The molecule has 0 aliphatic rings. The summed E-state index contributed by atoms with van der Waals surface area (Å²) in [5, 5.41) is 0. The molecule has 3 aromatic rings. The number of imidazole rings is 1. The summed E-state index contributed by atoms with van der Waals surface area (Å²) in [4.78, 5) is 29.2. The van der Waals surface area contributed by atoms with Crippen molar-refractivity contribution < 1.29 is 0 Å². The van der Waals surface area contributed by atoms with Crippen molar-refractivity contribution in [1.29, 1.82) is 0 Å². The van der Waals surface area contributed by atoms with Gasteiger partial charge in [-0.25, -0.2) is 9.78 Å². The molecule has 0 radical (unpaired) electrons. The Labute approximate surface area is 140 Å². The van der Waals surface area contributed by atoms with Crippen LogP contribution in [0.1, 0.15) is 31.2 Å². The molecule has 2 aromatic heterocycles. The minimum absolute atomic E-state index is 0.263. The highest BCUT2D eigenvalue weighted by molar-refractivity contribution is 5.69. The molecule has 0 spiro atoms. The Morgan fingerprint density at radius 3 is 2.54 bits per heavy atom. The Bertz CT molecular complexity index is 966. The van der Waals surface area contributed by atoms with Crippen molar-refractivity contribution in [3.63, 3.8) is 0 Å². The summed E-state index contributed by atoms with van der Waals surface area (Å²) in [7, 11) is 3.42. The van der Waals surface area contributed by atoms with Crippen molar-refractivity contribution in [2.24, 2.45) is 14.1 Å². The average molecular weight is 326 g/mol. The highest BCUT2D eigenvalue weighted by atomic mass is 16.2. The van der Waals surface area contributed by atoms with Gasteiger partial charge in [0.05, 0.1) is 6.33 Å². The van der Waals surface area contributed by atoms with E-state index in [0.717, 1.165) is 12.8 Å². The average Bonchev–Trinajstić information content (AvgIpc) is 2.98. The van der Waals surface area contributed by atoms with Gasteiger partial charge in [-0.15, -0.1) is 0 Å². The van der Waals surface area contributed by atoms with Gasteiger partial charge in [-0.2, -0.15) is 0 Å². The molecular weight excluding hydrogens is 304 g/mol. The van der Waals surface area contributed by atoms with Gasteiger partial charge >= 0.3 is 5.69 Å². The van der Waals surface area contributed by atoms with Gasteiger partial charge in [0.2, 0.25) is 0 Å². The number of hydrogen-bond donors (Lipinski definition) is 0. The van der Waals surface area contributed by atoms with Gasteiger partial charge < -0.3 is 4.57 Å². The quantitative estimate of drug-likeness (QED) is 0.720. The standard InChI is InChI=1S/C18H22N4O2/c1-13(14-9-5-4-6-10-14)8-7-11-22-17(23)15-16(19-12-20(15)2)21(3)18(22)24/h4-6,9-10,12-13H,7-8,11H2,1-3H3. The fourth-order valence-electron chi connectivity index (χ4n) is 3.10. The first kappa shape index (κ1) is 16.2. The fourth-order valence-corrected chi connectivity index (χ4v) is 3.10. The lowest BCUT2D eigenvalue weighted by Gasteiger charge is -2.13. The number of fused-ring (bicyclic) bond motifs is 1. The fraction of sp³-hybridized carbons (Fsp3) is 0.389. The summed E-state index contributed by atoms with van der Waals surface area (Å²) in [5.41, 5.74) is 1.61. The molecule has 1 atom stereocenters. The van der Waals surface area contributed by atoms with Crippen molar-refractivity contribution >= 4 is 11.2 Å². The van der Waals surface area contributed by atoms with E-state index in [1.165, 1.54) is 14.7 Å². The molecule has 0 fully saturated rings. The third-order valence-corrected chi connectivity index (χ3v) is 4.59. The van der Waals surface area contributed by atoms with Crippen molar-refractivity contribution in [3.8, 4) is 0 Å². The van der Waals surface area contributed by atoms with Gasteiger partial charge in [-0.1, -0.05) is 37.3 Å². The highest BCUT2D eigenvalue weighted by Crippen LogP contribution is 2.20. The minimum atomic E-state index is -0.307. The summed E-state index contributed by atoms with van der Waals surface area (Å²) < 4.78 is 4.43. The van der Waals surface area contributed by atoms with Crippen LogP contribution in [0.3, 0.4) is 0 Å². The molecule has 0 aliphatic heterocycles. The van der Waals surface area contributed by atoms with Crippen LogP contribution in [0.25, 0.3) is 11.2 Å². The molecule has 0 N–H and O–H groups in total. The Balaban J connectivity index is 1.82. The monoisotopic (exact) mass is 326 g/mol. The Morgan fingerprint density at radius 2 is 1.83 bits per heavy atom. The molecule has 3 rings (SSSR count). The summed E-state index contributed by atoms with van der Waals surface area (Å²) in [6.45, 7) is 2.59. The number of aryl methyl sites for hydroxylation is 2. The molecule has 0 aliphatic carbocycles. The molecule has 126 valence electrons. The molecule has 1 unspecified atom stereocenters. The predicted molar refractivity (Wildman–Crippen MR) is 94.3 cm³/mol. The lowest BCUT2D eigenvalue weighted by atomic mass is 9.96. The molecule has 0 bridgehead atoms. The van der Waals surface area contributed by atoms with E-state index >= 15 is 0 Å². The van der Waals surface area contributed by atoms with Crippen LogP contribution in [0, 0.1) is 0 Å². The first-order valence-electron chi connectivity index (χ1n) is 8.16. The maximum atomic E-state index is 12.6. The number of nitrogens with zero attached hydrogens (tertiary/aromatic N) is 4.